The summed E-state index contributed by atoms with van der Waals surface area (Å²) in [5.41, 5.74) is 3.06. The minimum absolute atomic E-state index is 0.0000589. The average molecular weight is 412 g/mol. The van der Waals surface area contributed by atoms with E-state index in [1.807, 2.05) is 18.2 Å². The van der Waals surface area contributed by atoms with Crippen molar-refractivity contribution in [2.75, 3.05) is 32.0 Å². The number of benzene rings is 1. The van der Waals surface area contributed by atoms with E-state index in [1.165, 1.54) is 0 Å². The van der Waals surface area contributed by atoms with Crippen molar-refractivity contribution < 1.29 is 14.2 Å². The van der Waals surface area contributed by atoms with Crippen molar-refractivity contribution in [2.24, 2.45) is 0 Å². The van der Waals surface area contributed by atoms with Crippen LogP contribution in [0.5, 0.6) is 0 Å². The third-order valence-electron chi connectivity index (χ3n) is 6.07. The molecule has 4 rings (SSSR count). The fraction of sp³-hybridized carbons (Fsp3) is 0.524. The molecule has 0 atom stereocenters. The van der Waals surface area contributed by atoms with E-state index in [-0.39, 0.29) is 23.9 Å². The monoisotopic (exact) mass is 412 g/mol. The molecule has 9 heteroatoms. The zero-order valence-corrected chi connectivity index (χ0v) is 17.5. The van der Waals surface area contributed by atoms with Crippen LogP contribution in [0.1, 0.15) is 36.2 Å². The van der Waals surface area contributed by atoms with Crippen LogP contribution in [0, 0.1) is 6.92 Å². The van der Waals surface area contributed by atoms with E-state index >= 15 is 0 Å². The molecule has 1 aromatic heterocycles. The van der Waals surface area contributed by atoms with Gasteiger partial charge in [0.15, 0.2) is 0 Å². The normalized spacial score (nSPS) is 18.3. The molecule has 1 saturated heterocycles. The van der Waals surface area contributed by atoms with E-state index < -0.39 is 0 Å². The second-order valence-electron chi connectivity index (χ2n) is 8.29. The Labute approximate surface area is 175 Å². The summed E-state index contributed by atoms with van der Waals surface area (Å²) in [6.07, 6.45) is 2.12. The third kappa shape index (κ3) is 4.30. The van der Waals surface area contributed by atoms with Crippen molar-refractivity contribution in [3.63, 3.8) is 0 Å². The van der Waals surface area contributed by atoms with Gasteiger partial charge in [-0.25, -0.2) is 4.63 Å². The molecule has 2 aliphatic heterocycles. The zero-order valence-electron chi connectivity index (χ0n) is 17.5. The molecular formula is C21H28N6O3. The number of anilines is 1. The molecule has 0 unspecified atom stereocenters. The van der Waals surface area contributed by atoms with Gasteiger partial charge in [-0.2, -0.15) is 0 Å². The van der Waals surface area contributed by atoms with Crippen molar-refractivity contribution >= 4 is 17.5 Å². The first kappa shape index (κ1) is 20.3. The lowest BCUT2D eigenvalue weighted by atomic mass is 9.83. The minimum atomic E-state index is -0.282. The van der Waals surface area contributed by atoms with Crippen molar-refractivity contribution in [1.82, 2.24) is 25.4 Å². The Bertz CT molecular complexity index is 921. The first-order valence-electron chi connectivity index (χ1n) is 10.3. The van der Waals surface area contributed by atoms with Crippen LogP contribution in [-0.4, -0.2) is 64.1 Å². The molecule has 1 fully saturated rings. The van der Waals surface area contributed by atoms with Crippen molar-refractivity contribution in [3.8, 4) is 0 Å². The highest BCUT2D eigenvalue weighted by molar-refractivity contribution is 5.86. The number of carbonyl (C=O) groups excluding carboxylic acids is 2. The van der Waals surface area contributed by atoms with Crippen LogP contribution in [0.2, 0.25) is 0 Å². The first-order valence-corrected chi connectivity index (χ1v) is 10.3. The van der Waals surface area contributed by atoms with Gasteiger partial charge in [0.2, 0.25) is 11.8 Å². The zero-order chi connectivity index (χ0) is 21.1. The van der Waals surface area contributed by atoms with E-state index in [4.69, 9.17) is 4.63 Å². The number of hydrogen-bond donors (Lipinski definition) is 2. The Morgan fingerprint density at radius 2 is 2.03 bits per heavy atom. The average Bonchev–Trinajstić information content (AvgIpc) is 3.13. The van der Waals surface area contributed by atoms with Crippen LogP contribution >= 0.6 is 0 Å². The van der Waals surface area contributed by atoms with Crippen molar-refractivity contribution in [3.05, 3.63) is 41.2 Å². The lowest BCUT2D eigenvalue weighted by Gasteiger charge is -2.42. The van der Waals surface area contributed by atoms with E-state index in [1.54, 1.807) is 23.8 Å². The second kappa shape index (κ2) is 8.43. The quantitative estimate of drug-likeness (QED) is 0.780. The highest BCUT2D eigenvalue weighted by Crippen LogP contribution is 2.33. The van der Waals surface area contributed by atoms with Gasteiger partial charge in [-0.1, -0.05) is 28.5 Å². The summed E-state index contributed by atoms with van der Waals surface area (Å²) in [5, 5.41) is 14.6. The van der Waals surface area contributed by atoms with Gasteiger partial charge in [-0.3, -0.25) is 9.59 Å². The van der Waals surface area contributed by atoms with Gasteiger partial charge < -0.3 is 20.4 Å². The van der Waals surface area contributed by atoms with Crippen LogP contribution in [0.4, 0.5) is 5.69 Å². The fourth-order valence-corrected chi connectivity index (χ4v) is 4.15. The van der Waals surface area contributed by atoms with E-state index in [2.05, 4.69) is 27.0 Å². The molecule has 1 aromatic carbocycles. The van der Waals surface area contributed by atoms with E-state index in [0.717, 1.165) is 37.2 Å². The molecular weight excluding hydrogens is 384 g/mol. The maximum absolute atomic E-state index is 13.2. The number of carbonyl (C=O) groups is 2. The molecule has 2 amide bonds. The Hall–Kier alpha value is -2.94. The number of fused-ring (bicyclic) bond motifs is 1. The number of aromatic nitrogens is 2. The maximum atomic E-state index is 13.2. The second-order valence-corrected chi connectivity index (χ2v) is 8.29. The highest BCUT2D eigenvalue weighted by Gasteiger charge is 2.38. The molecule has 30 heavy (non-hydrogen) atoms. The molecule has 2 N–H and O–H groups in total. The van der Waals surface area contributed by atoms with Gasteiger partial charge >= 0.3 is 0 Å². The number of likely N-dealkylation sites (N-methyl/N-ethyl adjacent to an activating group) is 1. The predicted molar refractivity (Wildman–Crippen MR) is 110 cm³/mol. The van der Waals surface area contributed by atoms with Gasteiger partial charge in [0.1, 0.15) is 17.9 Å². The molecule has 0 aliphatic carbocycles. The highest BCUT2D eigenvalue weighted by atomic mass is 16.6. The fourth-order valence-electron chi connectivity index (χ4n) is 4.15. The molecule has 9 nitrogen and oxygen atoms in total. The summed E-state index contributed by atoms with van der Waals surface area (Å²) in [4.78, 5) is 29.4. The van der Waals surface area contributed by atoms with Gasteiger partial charge in [0.05, 0.1) is 6.54 Å². The van der Waals surface area contributed by atoms with Gasteiger partial charge in [-0.15, -0.1) is 0 Å². The molecule has 1 spiro atoms. The first-order chi connectivity index (χ1) is 14.5. The predicted octanol–water partition coefficient (Wildman–Crippen LogP) is 1.30. The molecule has 160 valence electrons. The lowest BCUT2D eigenvalue weighted by molar-refractivity contribution is -0.141. The maximum Gasteiger partial charge on any atom is 0.242 e. The van der Waals surface area contributed by atoms with Crippen LogP contribution in [0.15, 0.2) is 28.9 Å². The number of hydrogen-bond acceptors (Lipinski definition) is 7. The number of amides is 2. The van der Waals surface area contributed by atoms with E-state index in [0.29, 0.717) is 30.9 Å². The smallest absolute Gasteiger partial charge is 0.242 e. The summed E-state index contributed by atoms with van der Waals surface area (Å²) in [5.74, 6) is -0.143. The summed E-state index contributed by atoms with van der Waals surface area (Å²) in [7, 11) is 1.70. The summed E-state index contributed by atoms with van der Waals surface area (Å²) in [6, 6.07) is 8.04. The van der Waals surface area contributed by atoms with Crippen LogP contribution < -0.4 is 10.6 Å². The molecule has 0 bridgehead atoms. The Balaban J connectivity index is 1.53. The standard InChI is InChI=1S/C21H28N6O3/c1-15-18(25-30-24-15)13-26(2)20(29)14-27-12-16-5-3-4-6-17(16)23-21(11-19(27)28)7-9-22-10-8-21/h3-6,22-23H,7-14H2,1-2H3. The van der Waals surface area contributed by atoms with Gasteiger partial charge in [-0.05, 0) is 44.5 Å². The summed E-state index contributed by atoms with van der Waals surface area (Å²) >= 11 is 0. The Morgan fingerprint density at radius 3 is 2.77 bits per heavy atom. The largest absolute Gasteiger partial charge is 0.379 e. The van der Waals surface area contributed by atoms with Crippen LogP contribution in [0.25, 0.3) is 0 Å². The summed E-state index contributed by atoms with van der Waals surface area (Å²) < 4.78 is 4.71. The molecule has 2 aromatic rings. The molecule has 3 heterocycles. The molecule has 2 aliphatic rings. The minimum Gasteiger partial charge on any atom is -0.379 e. The third-order valence-corrected chi connectivity index (χ3v) is 6.07. The Morgan fingerprint density at radius 1 is 1.27 bits per heavy atom. The molecule has 0 radical (unpaired) electrons. The topological polar surface area (TPSA) is 104 Å². The van der Waals surface area contributed by atoms with Crippen molar-refractivity contribution in [2.45, 2.75) is 44.8 Å². The van der Waals surface area contributed by atoms with Crippen LogP contribution in [0.3, 0.4) is 0 Å². The van der Waals surface area contributed by atoms with E-state index in [9.17, 15) is 9.59 Å². The number of para-hydroxylation sites is 1. The number of nitrogens with one attached hydrogen (secondary N) is 2. The number of piperidine rings is 1. The Kier molecular flexibility index (Phi) is 5.72. The molecule has 0 saturated carbocycles. The van der Waals surface area contributed by atoms with Crippen molar-refractivity contribution in [1.29, 1.82) is 0 Å². The number of aryl methyl sites for hydroxylation is 1. The SMILES string of the molecule is Cc1nonc1CN(C)C(=O)CN1Cc2ccccc2NC2(CCNCC2)CC1=O. The van der Waals surface area contributed by atoms with Gasteiger partial charge in [0.25, 0.3) is 0 Å². The lowest BCUT2D eigenvalue weighted by Crippen LogP contribution is -2.53. The van der Waals surface area contributed by atoms with Gasteiger partial charge in [0, 0.05) is 31.2 Å². The van der Waals surface area contributed by atoms with Crippen LogP contribution in [-0.2, 0) is 22.7 Å². The summed E-state index contributed by atoms with van der Waals surface area (Å²) in [6.45, 7) is 4.26. The number of nitrogens with zero attached hydrogens (tertiary/aromatic N) is 4. The number of rotatable bonds is 4.